The lowest BCUT2D eigenvalue weighted by molar-refractivity contribution is -0.124. The average molecular weight is 376 g/mol. The molecule has 0 saturated carbocycles. The summed E-state index contributed by atoms with van der Waals surface area (Å²) in [5.41, 5.74) is 9.17. The summed E-state index contributed by atoms with van der Waals surface area (Å²) in [7, 11) is 0. The predicted molar refractivity (Wildman–Crippen MR) is 106 cm³/mol. The second kappa shape index (κ2) is 10.6. The van der Waals surface area contributed by atoms with Crippen molar-refractivity contribution in [1.29, 1.82) is 0 Å². The highest BCUT2D eigenvalue weighted by molar-refractivity contribution is 5.94. The molecular weight excluding hydrogens is 350 g/mol. The van der Waals surface area contributed by atoms with E-state index in [1.54, 1.807) is 19.1 Å². The number of nitrogens with two attached hydrogens (primary N) is 1. The number of hydrogen-bond acceptors (Lipinski definition) is 3. The molecule has 4 N–H and O–H groups in total. The Hall–Kier alpha value is -2.37. The van der Waals surface area contributed by atoms with Crippen LogP contribution in [0.25, 0.3) is 0 Å². The van der Waals surface area contributed by atoms with Crippen LogP contribution in [-0.2, 0) is 17.9 Å². The molecule has 2 amide bonds. The first-order valence-corrected chi connectivity index (χ1v) is 8.40. The number of carbonyl (C=O) groups excluding carboxylic acids is 2. The van der Waals surface area contributed by atoms with Gasteiger partial charge in [-0.15, -0.1) is 12.4 Å². The van der Waals surface area contributed by atoms with Crippen LogP contribution in [0.4, 0.5) is 0 Å². The molecule has 26 heavy (non-hydrogen) atoms. The third-order valence-corrected chi connectivity index (χ3v) is 4.03. The summed E-state index contributed by atoms with van der Waals surface area (Å²) in [5, 5.41) is 5.74. The molecule has 5 nitrogen and oxygen atoms in total. The molecule has 0 aliphatic heterocycles. The molecule has 0 saturated heterocycles. The molecule has 0 bridgehead atoms. The third-order valence-electron chi connectivity index (χ3n) is 4.03. The maximum atomic E-state index is 12.3. The molecule has 1 atom stereocenters. The first-order chi connectivity index (χ1) is 12.0. The van der Waals surface area contributed by atoms with E-state index in [2.05, 4.69) is 10.6 Å². The normalized spacial score (nSPS) is 11.2. The molecule has 0 radical (unpaired) electrons. The lowest BCUT2D eigenvalue weighted by Crippen LogP contribution is -2.32. The Labute approximate surface area is 160 Å². The van der Waals surface area contributed by atoms with Gasteiger partial charge in [0.1, 0.15) is 0 Å². The second-order valence-corrected chi connectivity index (χ2v) is 6.22. The minimum atomic E-state index is -0.221. The zero-order valence-electron chi connectivity index (χ0n) is 15.1. The van der Waals surface area contributed by atoms with Gasteiger partial charge in [0.25, 0.3) is 5.91 Å². The third kappa shape index (κ3) is 6.50. The molecule has 2 rings (SSSR count). The minimum Gasteiger partial charge on any atom is -0.352 e. The quantitative estimate of drug-likeness (QED) is 0.695. The van der Waals surface area contributed by atoms with Crippen LogP contribution in [0.2, 0.25) is 0 Å². The molecule has 0 aromatic heterocycles. The van der Waals surface area contributed by atoms with E-state index in [-0.39, 0.29) is 30.1 Å². The molecule has 0 fully saturated rings. The highest BCUT2D eigenvalue weighted by atomic mass is 35.5. The predicted octanol–water partition coefficient (Wildman–Crippen LogP) is 2.56. The van der Waals surface area contributed by atoms with E-state index in [0.29, 0.717) is 25.2 Å². The Kier molecular flexibility index (Phi) is 8.82. The van der Waals surface area contributed by atoms with Crippen LogP contribution >= 0.6 is 12.4 Å². The molecule has 1 unspecified atom stereocenters. The van der Waals surface area contributed by atoms with Gasteiger partial charge < -0.3 is 16.4 Å². The first-order valence-electron chi connectivity index (χ1n) is 8.40. The Bertz CT molecular complexity index is 732. The van der Waals surface area contributed by atoms with Crippen molar-refractivity contribution in [3.8, 4) is 0 Å². The number of amides is 2. The van der Waals surface area contributed by atoms with Crippen molar-refractivity contribution in [2.24, 2.45) is 11.7 Å². The van der Waals surface area contributed by atoms with Gasteiger partial charge in [0.05, 0.1) is 0 Å². The van der Waals surface area contributed by atoms with Crippen LogP contribution in [0, 0.1) is 12.8 Å². The van der Waals surface area contributed by atoms with Crippen LogP contribution in [0.5, 0.6) is 0 Å². The van der Waals surface area contributed by atoms with Crippen LogP contribution in [0.1, 0.15) is 34.0 Å². The van der Waals surface area contributed by atoms with Gasteiger partial charge in [0.15, 0.2) is 0 Å². The second-order valence-electron chi connectivity index (χ2n) is 6.22. The van der Waals surface area contributed by atoms with Gasteiger partial charge in [-0.1, -0.05) is 48.9 Å². The molecule has 0 spiro atoms. The molecule has 6 heteroatoms. The average Bonchev–Trinajstić information content (AvgIpc) is 2.64. The number of hydrogen-bond donors (Lipinski definition) is 3. The van der Waals surface area contributed by atoms with Gasteiger partial charge in [0.2, 0.25) is 5.91 Å². The number of aryl methyl sites for hydroxylation is 1. The Balaban J connectivity index is 0.00000338. The highest BCUT2D eigenvalue weighted by Gasteiger charge is 2.11. The van der Waals surface area contributed by atoms with E-state index < -0.39 is 0 Å². The summed E-state index contributed by atoms with van der Waals surface area (Å²) < 4.78 is 0. The van der Waals surface area contributed by atoms with Crippen molar-refractivity contribution in [2.45, 2.75) is 26.9 Å². The number of halogens is 1. The molecule has 140 valence electrons. The lowest BCUT2D eigenvalue weighted by atomic mass is 10.1. The minimum absolute atomic E-state index is 0. The first kappa shape index (κ1) is 21.7. The van der Waals surface area contributed by atoms with E-state index >= 15 is 0 Å². The fraction of sp³-hybridized carbons (Fsp3) is 0.300. The summed E-state index contributed by atoms with van der Waals surface area (Å²) in [5.74, 6) is -0.443. The summed E-state index contributed by atoms with van der Waals surface area (Å²) in [4.78, 5) is 24.1. The SMILES string of the molecule is Cc1ccc(CNC(=O)c2cccc(CNC(=O)C(C)CN)c2)cc1.Cl. The lowest BCUT2D eigenvalue weighted by Gasteiger charge is -2.11. The van der Waals surface area contributed by atoms with Crippen molar-refractivity contribution in [3.05, 3.63) is 70.8 Å². The highest BCUT2D eigenvalue weighted by Crippen LogP contribution is 2.07. The topological polar surface area (TPSA) is 84.2 Å². The Morgan fingerprint density at radius 3 is 2.31 bits per heavy atom. The zero-order chi connectivity index (χ0) is 18.2. The monoisotopic (exact) mass is 375 g/mol. The van der Waals surface area contributed by atoms with E-state index in [1.165, 1.54) is 5.56 Å². The van der Waals surface area contributed by atoms with Crippen LogP contribution in [0.3, 0.4) is 0 Å². The Morgan fingerprint density at radius 2 is 1.65 bits per heavy atom. The van der Waals surface area contributed by atoms with Crippen molar-refractivity contribution in [2.75, 3.05) is 6.54 Å². The van der Waals surface area contributed by atoms with Gasteiger partial charge in [-0.25, -0.2) is 0 Å². The Morgan fingerprint density at radius 1 is 1.00 bits per heavy atom. The standard InChI is InChI=1S/C20H25N3O2.ClH/c1-14-6-8-16(9-7-14)12-23-20(25)18-5-3-4-17(10-18)13-22-19(24)15(2)11-21;/h3-10,15H,11-13,21H2,1-2H3,(H,22,24)(H,23,25);1H. The van der Waals surface area contributed by atoms with E-state index in [4.69, 9.17) is 5.73 Å². The molecule has 2 aromatic rings. The largest absolute Gasteiger partial charge is 0.352 e. The van der Waals surface area contributed by atoms with E-state index in [9.17, 15) is 9.59 Å². The van der Waals surface area contributed by atoms with Gasteiger partial charge in [0, 0.05) is 31.1 Å². The number of benzene rings is 2. The molecule has 0 aliphatic carbocycles. The molecule has 0 aliphatic rings. The smallest absolute Gasteiger partial charge is 0.251 e. The van der Waals surface area contributed by atoms with Gasteiger partial charge in [-0.2, -0.15) is 0 Å². The van der Waals surface area contributed by atoms with E-state index in [0.717, 1.165) is 11.1 Å². The maximum absolute atomic E-state index is 12.3. The van der Waals surface area contributed by atoms with Crippen molar-refractivity contribution < 1.29 is 9.59 Å². The van der Waals surface area contributed by atoms with Crippen LogP contribution in [0.15, 0.2) is 48.5 Å². The van der Waals surface area contributed by atoms with E-state index in [1.807, 2.05) is 43.3 Å². The molecule has 0 heterocycles. The van der Waals surface area contributed by atoms with Crippen molar-refractivity contribution in [3.63, 3.8) is 0 Å². The summed E-state index contributed by atoms with van der Waals surface area (Å²) in [6.07, 6.45) is 0. The summed E-state index contributed by atoms with van der Waals surface area (Å²) in [6, 6.07) is 15.3. The number of carbonyl (C=O) groups is 2. The van der Waals surface area contributed by atoms with Crippen molar-refractivity contribution >= 4 is 24.2 Å². The van der Waals surface area contributed by atoms with Gasteiger partial charge >= 0.3 is 0 Å². The summed E-state index contributed by atoms with van der Waals surface area (Å²) in [6.45, 7) is 4.98. The molecule has 2 aromatic carbocycles. The fourth-order valence-corrected chi connectivity index (χ4v) is 2.28. The van der Waals surface area contributed by atoms with Crippen LogP contribution < -0.4 is 16.4 Å². The van der Waals surface area contributed by atoms with Crippen molar-refractivity contribution in [1.82, 2.24) is 10.6 Å². The van der Waals surface area contributed by atoms with Crippen LogP contribution in [-0.4, -0.2) is 18.4 Å². The van der Waals surface area contributed by atoms with Gasteiger partial charge in [-0.3, -0.25) is 9.59 Å². The van der Waals surface area contributed by atoms with Gasteiger partial charge in [-0.05, 0) is 30.2 Å². The number of rotatable bonds is 7. The summed E-state index contributed by atoms with van der Waals surface area (Å²) >= 11 is 0. The molecular formula is C20H26ClN3O2. The zero-order valence-corrected chi connectivity index (χ0v) is 15.9. The maximum Gasteiger partial charge on any atom is 0.251 e. The fourth-order valence-electron chi connectivity index (χ4n) is 2.28. The number of nitrogens with one attached hydrogen (secondary N) is 2.